The summed E-state index contributed by atoms with van der Waals surface area (Å²) in [4.78, 5) is 26.4. The zero-order valence-electron chi connectivity index (χ0n) is 45.1. The third-order valence-electron chi connectivity index (χ3n) is 13.8. The van der Waals surface area contributed by atoms with Gasteiger partial charge < -0.3 is 45.1 Å². The van der Waals surface area contributed by atoms with Gasteiger partial charge in [-0.05, 0) is 51.4 Å². The van der Waals surface area contributed by atoms with Gasteiger partial charge in [0, 0.05) is 6.42 Å². The Morgan fingerprint density at radius 3 is 1.46 bits per heavy atom. The number of carbonyl (C=O) groups is 2. The Hall–Kier alpha value is -2.12. The molecule has 0 aliphatic carbocycles. The van der Waals surface area contributed by atoms with E-state index in [1.165, 1.54) is 141 Å². The summed E-state index contributed by atoms with van der Waals surface area (Å²) in [5.74, 6) is -1.20. The molecule has 1 rings (SSSR count). The number of hydrogen-bond donors (Lipinski definition) is 6. The van der Waals surface area contributed by atoms with E-state index < -0.39 is 67.4 Å². The normalized spacial score (nSPS) is 19.9. The van der Waals surface area contributed by atoms with Crippen LogP contribution in [0.1, 0.15) is 265 Å². The number of ether oxygens (including phenoxy) is 3. The number of carbonyl (C=O) groups excluding carboxylic acids is 2. The van der Waals surface area contributed by atoms with Crippen molar-refractivity contribution in [2.24, 2.45) is 0 Å². The van der Waals surface area contributed by atoms with Gasteiger partial charge in [0.25, 0.3) is 0 Å². The molecule has 11 heteroatoms. The lowest BCUT2D eigenvalue weighted by Crippen LogP contribution is -2.61. The fourth-order valence-electron chi connectivity index (χ4n) is 9.11. The predicted octanol–water partition coefficient (Wildman–Crippen LogP) is 13.1. The Balaban J connectivity index is 2.73. The molecule has 8 unspecified atom stereocenters. The summed E-state index contributed by atoms with van der Waals surface area (Å²) in [6.45, 7) is 5.75. The minimum absolute atomic E-state index is 0.126. The van der Waals surface area contributed by atoms with E-state index in [0.717, 1.165) is 77.0 Å². The Kier molecular flexibility index (Phi) is 45.1. The molecule has 0 aromatic carbocycles. The van der Waals surface area contributed by atoms with Gasteiger partial charge in [0.05, 0.1) is 25.4 Å². The smallest absolute Gasteiger partial charge is 0.306 e. The van der Waals surface area contributed by atoms with Crippen molar-refractivity contribution in [1.82, 2.24) is 5.32 Å². The maximum Gasteiger partial charge on any atom is 0.306 e. The molecule has 6 N–H and O–H groups in total. The third-order valence-corrected chi connectivity index (χ3v) is 13.8. The van der Waals surface area contributed by atoms with Gasteiger partial charge in [-0.15, -0.1) is 0 Å². The molecule has 1 aliphatic rings. The zero-order chi connectivity index (χ0) is 51.1. The van der Waals surface area contributed by atoms with Crippen LogP contribution in [0, 0.1) is 0 Å². The second kappa shape index (κ2) is 47.9. The van der Waals surface area contributed by atoms with Crippen molar-refractivity contribution >= 4 is 11.9 Å². The Morgan fingerprint density at radius 2 is 0.971 bits per heavy atom. The van der Waals surface area contributed by atoms with E-state index in [9.17, 15) is 35.1 Å². The molecule has 8 atom stereocenters. The molecule has 0 aromatic heterocycles. The molecule has 1 fully saturated rings. The van der Waals surface area contributed by atoms with Gasteiger partial charge in [-0.3, -0.25) is 9.59 Å². The number of amides is 1. The van der Waals surface area contributed by atoms with E-state index in [1.54, 1.807) is 6.08 Å². The van der Waals surface area contributed by atoms with Crippen LogP contribution in [0.5, 0.6) is 0 Å². The monoisotopic (exact) mass is 992 g/mol. The van der Waals surface area contributed by atoms with E-state index in [4.69, 9.17) is 14.2 Å². The molecule has 1 amide bonds. The van der Waals surface area contributed by atoms with Crippen molar-refractivity contribution in [2.45, 2.75) is 314 Å². The van der Waals surface area contributed by atoms with Crippen molar-refractivity contribution in [3.8, 4) is 0 Å². The van der Waals surface area contributed by atoms with Crippen molar-refractivity contribution < 1.29 is 49.3 Å². The lowest BCUT2D eigenvalue weighted by molar-refractivity contribution is -0.305. The molecular formula is C59H109NO10. The van der Waals surface area contributed by atoms with Crippen molar-refractivity contribution in [2.75, 3.05) is 13.2 Å². The number of unbranched alkanes of at least 4 members (excludes halogenated alkanes) is 32. The minimum atomic E-state index is -1.61. The molecule has 1 heterocycles. The van der Waals surface area contributed by atoms with Crippen molar-refractivity contribution in [3.63, 3.8) is 0 Å². The number of rotatable bonds is 49. The highest BCUT2D eigenvalue weighted by atomic mass is 16.7. The Morgan fingerprint density at radius 1 is 0.557 bits per heavy atom. The first kappa shape index (κ1) is 65.9. The Labute approximate surface area is 428 Å². The lowest BCUT2D eigenvalue weighted by atomic mass is 9.99. The largest absolute Gasteiger partial charge is 0.454 e. The molecule has 0 aromatic rings. The Bertz CT molecular complexity index is 1280. The predicted molar refractivity (Wildman–Crippen MR) is 287 cm³/mol. The molecule has 0 spiro atoms. The van der Waals surface area contributed by atoms with Gasteiger partial charge >= 0.3 is 5.97 Å². The summed E-state index contributed by atoms with van der Waals surface area (Å²) in [7, 11) is 0. The van der Waals surface area contributed by atoms with Crippen LogP contribution in [0.3, 0.4) is 0 Å². The molecule has 1 saturated heterocycles. The highest BCUT2D eigenvalue weighted by molar-refractivity contribution is 5.80. The fraction of sp³-hybridized carbons (Fsp3) is 0.864. The lowest BCUT2D eigenvalue weighted by Gasteiger charge is -2.41. The first-order valence-corrected chi connectivity index (χ1v) is 29.3. The standard InChI is InChI=1S/C59H109NO10/c1-4-7-10-13-16-19-22-25-27-29-32-35-38-41-44-47-54(64)70-57-56(66)55(65)53(48-61)69-59(57)68-49-50(51(62)45-42-39-36-33-30-24-21-18-15-12-9-6-3)60-58(67)52(63)46-43-40-37-34-31-28-26-23-20-17-14-11-8-5-2/h17,20,23,26,42,45,50-53,55-57,59,61-63,65-66H,4-16,18-19,21-22,24-25,27-41,43-44,46-49H2,1-3H3,(H,60,67)/b20-17+,26-23+,45-42+. The second-order valence-electron chi connectivity index (χ2n) is 20.4. The number of aliphatic hydroxyl groups is 5. The summed E-state index contributed by atoms with van der Waals surface area (Å²) in [5, 5.41) is 56.8. The average Bonchev–Trinajstić information content (AvgIpc) is 3.36. The average molecular weight is 993 g/mol. The first-order chi connectivity index (χ1) is 34.2. The van der Waals surface area contributed by atoms with Crippen LogP contribution < -0.4 is 5.32 Å². The van der Waals surface area contributed by atoms with Gasteiger partial charge in [0.1, 0.15) is 24.4 Å². The molecule has 11 nitrogen and oxygen atoms in total. The van der Waals surface area contributed by atoms with Crippen LogP contribution in [0.15, 0.2) is 36.5 Å². The van der Waals surface area contributed by atoms with Gasteiger partial charge in [-0.2, -0.15) is 0 Å². The molecular weight excluding hydrogens is 883 g/mol. The van der Waals surface area contributed by atoms with E-state index in [1.807, 2.05) is 6.08 Å². The van der Waals surface area contributed by atoms with Crippen molar-refractivity contribution in [1.29, 1.82) is 0 Å². The summed E-state index contributed by atoms with van der Waals surface area (Å²) >= 11 is 0. The van der Waals surface area contributed by atoms with Crippen LogP contribution in [-0.2, 0) is 23.8 Å². The number of aliphatic hydroxyl groups excluding tert-OH is 5. The van der Waals surface area contributed by atoms with Gasteiger partial charge in [0.2, 0.25) is 5.91 Å². The second-order valence-corrected chi connectivity index (χ2v) is 20.4. The molecule has 0 radical (unpaired) electrons. The first-order valence-electron chi connectivity index (χ1n) is 29.3. The third kappa shape index (κ3) is 35.9. The van der Waals surface area contributed by atoms with Crippen LogP contribution in [-0.4, -0.2) is 99.6 Å². The summed E-state index contributed by atoms with van der Waals surface area (Å²) in [6.07, 6.45) is 44.7. The van der Waals surface area contributed by atoms with Crippen LogP contribution in [0.4, 0.5) is 0 Å². The molecule has 410 valence electrons. The minimum Gasteiger partial charge on any atom is -0.454 e. The molecule has 70 heavy (non-hydrogen) atoms. The van der Waals surface area contributed by atoms with Crippen molar-refractivity contribution in [3.05, 3.63) is 36.5 Å². The summed E-state index contributed by atoms with van der Waals surface area (Å²) in [6, 6.07) is -1.03. The maximum absolute atomic E-state index is 13.4. The quantitative estimate of drug-likeness (QED) is 0.0149. The number of allylic oxidation sites excluding steroid dienone is 5. The van der Waals surface area contributed by atoms with Gasteiger partial charge in [-0.25, -0.2) is 0 Å². The van der Waals surface area contributed by atoms with E-state index in [-0.39, 0.29) is 19.4 Å². The number of nitrogens with one attached hydrogen (secondary N) is 1. The molecule has 0 bridgehead atoms. The van der Waals surface area contributed by atoms with Crippen LogP contribution in [0.25, 0.3) is 0 Å². The summed E-state index contributed by atoms with van der Waals surface area (Å²) < 4.78 is 17.6. The SMILES string of the molecule is CCCCC/C=C/C=C/CCCCCCCC(O)C(=O)NC(COC1OC(CO)C(O)C(O)C1OC(=O)CCCCCCCCCCCCCCCCC)C(O)/C=C/CCCCCCCCCCCC. The van der Waals surface area contributed by atoms with Gasteiger partial charge in [-0.1, -0.05) is 243 Å². The van der Waals surface area contributed by atoms with E-state index in [2.05, 4.69) is 50.4 Å². The number of hydrogen-bond acceptors (Lipinski definition) is 10. The number of esters is 1. The maximum atomic E-state index is 13.4. The van der Waals surface area contributed by atoms with Crippen LogP contribution in [0.2, 0.25) is 0 Å². The zero-order valence-corrected chi connectivity index (χ0v) is 45.1. The van der Waals surface area contributed by atoms with Crippen LogP contribution >= 0.6 is 0 Å². The highest BCUT2D eigenvalue weighted by Gasteiger charge is 2.47. The summed E-state index contributed by atoms with van der Waals surface area (Å²) in [5.41, 5.74) is 0. The fourth-order valence-corrected chi connectivity index (χ4v) is 9.11. The molecule has 1 aliphatic heterocycles. The van der Waals surface area contributed by atoms with Gasteiger partial charge in [0.15, 0.2) is 12.4 Å². The highest BCUT2D eigenvalue weighted by Crippen LogP contribution is 2.26. The van der Waals surface area contributed by atoms with E-state index in [0.29, 0.717) is 12.8 Å². The van der Waals surface area contributed by atoms with E-state index >= 15 is 0 Å². The topological polar surface area (TPSA) is 175 Å². The molecule has 0 saturated carbocycles.